The number of carbonyl (C=O) groups excluding carboxylic acids is 1. The van der Waals surface area contributed by atoms with E-state index in [1.807, 2.05) is 4.90 Å². The van der Waals surface area contributed by atoms with Gasteiger partial charge in [-0.2, -0.15) is 0 Å². The SMILES string of the molecule is Cc1ccc(N(CCCN)CC(=O)N2CCCC2)cc1. The summed E-state index contributed by atoms with van der Waals surface area (Å²) in [5.41, 5.74) is 7.95. The first kappa shape index (κ1) is 14.9. The Morgan fingerprint density at radius 1 is 1.25 bits per heavy atom. The molecule has 1 aromatic carbocycles. The van der Waals surface area contributed by atoms with Crippen molar-refractivity contribution in [1.29, 1.82) is 0 Å². The van der Waals surface area contributed by atoms with Crippen molar-refractivity contribution in [3.63, 3.8) is 0 Å². The third kappa shape index (κ3) is 3.97. The zero-order chi connectivity index (χ0) is 14.4. The molecule has 1 saturated heterocycles. The molecule has 20 heavy (non-hydrogen) atoms. The van der Waals surface area contributed by atoms with E-state index in [4.69, 9.17) is 5.73 Å². The Morgan fingerprint density at radius 3 is 2.50 bits per heavy atom. The van der Waals surface area contributed by atoms with E-state index in [0.29, 0.717) is 13.1 Å². The molecule has 1 aliphatic rings. The Labute approximate surface area is 121 Å². The fourth-order valence-electron chi connectivity index (χ4n) is 2.57. The van der Waals surface area contributed by atoms with Gasteiger partial charge in [0.15, 0.2) is 0 Å². The van der Waals surface area contributed by atoms with Crippen molar-refractivity contribution in [2.45, 2.75) is 26.2 Å². The van der Waals surface area contributed by atoms with Crippen molar-refractivity contribution < 1.29 is 4.79 Å². The zero-order valence-electron chi connectivity index (χ0n) is 12.3. The molecular weight excluding hydrogens is 250 g/mol. The normalized spacial score (nSPS) is 14.6. The highest BCUT2D eigenvalue weighted by atomic mass is 16.2. The summed E-state index contributed by atoms with van der Waals surface area (Å²) in [5.74, 6) is 0.236. The van der Waals surface area contributed by atoms with E-state index in [0.717, 1.165) is 44.6 Å². The Balaban J connectivity index is 2.02. The number of nitrogens with two attached hydrogens (primary N) is 1. The van der Waals surface area contributed by atoms with Crippen LogP contribution < -0.4 is 10.6 Å². The third-order valence-electron chi connectivity index (χ3n) is 3.82. The van der Waals surface area contributed by atoms with E-state index < -0.39 is 0 Å². The molecule has 4 nitrogen and oxygen atoms in total. The van der Waals surface area contributed by atoms with E-state index in [1.54, 1.807) is 0 Å². The van der Waals surface area contributed by atoms with Gasteiger partial charge in [-0.3, -0.25) is 4.79 Å². The molecule has 0 atom stereocenters. The first-order valence-electron chi connectivity index (χ1n) is 7.50. The second-order valence-corrected chi connectivity index (χ2v) is 5.49. The minimum Gasteiger partial charge on any atom is -0.362 e. The predicted octanol–water partition coefficient (Wildman–Crippen LogP) is 1.77. The van der Waals surface area contributed by atoms with E-state index in [9.17, 15) is 4.79 Å². The Morgan fingerprint density at radius 2 is 1.90 bits per heavy atom. The molecule has 1 heterocycles. The van der Waals surface area contributed by atoms with Gasteiger partial charge in [-0.05, 0) is 44.9 Å². The van der Waals surface area contributed by atoms with Gasteiger partial charge in [0.2, 0.25) is 5.91 Å². The molecule has 0 aromatic heterocycles. The molecule has 1 aliphatic heterocycles. The van der Waals surface area contributed by atoms with E-state index >= 15 is 0 Å². The number of nitrogens with zero attached hydrogens (tertiary/aromatic N) is 2. The van der Waals surface area contributed by atoms with Gasteiger partial charge in [0.25, 0.3) is 0 Å². The number of benzene rings is 1. The van der Waals surface area contributed by atoms with Gasteiger partial charge in [0.05, 0.1) is 6.54 Å². The van der Waals surface area contributed by atoms with Crippen LogP contribution in [0.15, 0.2) is 24.3 Å². The van der Waals surface area contributed by atoms with Gasteiger partial charge in [-0.25, -0.2) is 0 Å². The monoisotopic (exact) mass is 275 g/mol. The van der Waals surface area contributed by atoms with Crippen molar-refractivity contribution in [1.82, 2.24) is 4.90 Å². The van der Waals surface area contributed by atoms with Crippen LogP contribution in [0.1, 0.15) is 24.8 Å². The number of hydrogen-bond acceptors (Lipinski definition) is 3. The second-order valence-electron chi connectivity index (χ2n) is 5.49. The van der Waals surface area contributed by atoms with Crippen molar-refractivity contribution in [2.75, 3.05) is 37.6 Å². The van der Waals surface area contributed by atoms with Crippen LogP contribution in [0, 0.1) is 6.92 Å². The molecule has 4 heteroatoms. The fraction of sp³-hybridized carbons (Fsp3) is 0.562. The largest absolute Gasteiger partial charge is 0.362 e. The van der Waals surface area contributed by atoms with Crippen LogP contribution in [-0.2, 0) is 4.79 Å². The standard InChI is InChI=1S/C16H25N3O/c1-14-5-7-15(8-6-14)19(12-4-9-17)13-16(20)18-10-2-3-11-18/h5-8H,2-4,9-13,17H2,1H3. The summed E-state index contributed by atoms with van der Waals surface area (Å²) in [7, 11) is 0. The van der Waals surface area contributed by atoms with Crippen LogP contribution in [0.4, 0.5) is 5.69 Å². The quantitative estimate of drug-likeness (QED) is 0.861. The molecule has 0 unspecified atom stereocenters. The third-order valence-corrected chi connectivity index (χ3v) is 3.82. The van der Waals surface area contributed by atoms with Gasteiger partial charge in [0.1, 0.15) is 0 Å². The minimum absolute atomic E-state index is 0.236. The molecular formula is C16H25N3O. The summed E-state index contributed by atoms with van der Waals surface area (Å²) in [6.07, 6.45) is 3.18. The van der Waals surface area contributed by atoms with Crippen LogP contribution in [0.5, 0.6) is 0 Å². The maximum absolute atomic E-state index is 12.3. The number of likely N-dealkylation sites (tertiary alicyclic amines) is 1. The summed E-state index contributed by atoms with van der Waals surface area (Å²) < 4.78 is 0. The average Bonchev–Trinajstić information content (AvgIpc) is 2.98. The molecule has 0 bridgehead atoms. The van der Waals surface area contributed by atoms with Crippen molar-refractivity contribution >= 4 is 11.6 Å². The van der Waals surface area contributed by atoms with Crippen LogP contribution >= 0.6 is 0 Å². The lowest BCUT2D eigenvalue weighted by atomic mass is 10.2. The van der Waals surface area contributed by atoms with Crippen molar-refractivity contribution in [3.8, 4) is 0 Å². The lowest BCUT2D eigenvalue weighted by Gasteiger charge is -2.26. The predicted molar refractivity (Wildman–Crippen MR) is 82.9 cm³/mol. The van der Waals surface area contributed by atoms with Crippen LogP contribution in [0.25, 0.3) is 0 Å². The van der Waals surface area contributed by atoms with E-state index in [2.05, 4.69) is 36.1 Å². The Hall–Kier alpha value is -1.55. The smallest absolute Gasteiger partial charge is 0.242 e. The number of aryl methyl sites for hydroxylation is 1. The summed E-state index contributed by atoms with van der Waals surface area (Å²) in [6, 6.07) is 8.35. The molecule has 2 rings (SSSR count). The molecule has 0 aliphatic carbocycles. The van der Waals surface area contributed by atoms with E-state index in [1.165, 1.54) is 5.56 Å². The number of hydrogen-bond donors (Lipinski definition) is 1. The van der Waals surface area contributed by atoms with Gasteiger partial charge < -0.3 is 15.5 Å². The molecule has 1 fully saturated rings. The maximum Gasteiger partial charge on any atom is 0.242 e. The number of carbonyl (C=O) groups is 1. The lowest BCUT2D eigenvalue weighted by molar-refractivity contribution is -0.128. The van der Waals surface area contributed by atoms with Crippen molar-refractivity contribution in [3.05, 3.63) is 29.8 Å². The highest BCUT2D eigenvalue weighted by Gasteiger charge is 2.20. The summed E-state index contributed by atoms with van der Waals surface area (Å²) >= 11 is 0. The zero-order valence-corrected chi connectivity index (χ0v) is 12.3. The number of amides is 1. The molecule has 2 N–H and O–H groups in total. The summed E-state index contributed by atoms with van der Waals surface area (Å²) in [4.78, 5) is 16.4. The average molecular weight is 275 g/mol. The molecule has 1 amide bonds. The second kappa shape index (κ2) is 7.29. The fourth-order valence-corrected chi connectivity index (χ4v) is 2.57. The maximum atomic E-state index is 12.3. The van der Waals surface area contributed by atoms with Crippen LogP contribution in [0.3, 0.4) is 0 Å². The van der Waals surface area contributed by atoms with E-state index in [-0.39, 0.29) is 5.91 Å². The topological polar surface area (TPSA) is 49.6 Å². The Kier molecular flexibility index (Phi) is 5.41. The first-order chi connectivity index (χ1) is 9.70. The first-order valence-corrected chi connectivity index (χ1v) is 7.50. The molecule has 1 aromatic rings. The lowest BCUT2D eigenvalue weighted by Crippen LogP contribution is -2.39. The van der Waals surface area contributed by atoms with Crippen LogP contribution in [0.2, 0.25) is 0 Å². The van der Waals surface area contributed by atoms with Gasteiger partial charge in [0, 0.05) is 25.3 Å². The molecule has 0 spiro atoms. The Bertz CT molecular complexity index is 424. The van der Waals surface area contributed by atoms with Gasteiger partial charge in [-0.1, -0.05) is 17.7 Å². The van der Waals surface area contributed by atoms with Gasteiger partial charge in [-0.15, -0.1) is 0 Å². The van der Waals surface area contributed by atoms with Crippen LogP contribution in [-0.4, -0.2) is 43.5 Å². The minimum atomic E-state index is 0.236. The summed E-state index contributed by atoms with van der Waals surface area (Å²) in [5, 5.41) is 0. The summed E-state index contributed by atoms with van der Waals surface area (Å²) in [6.45, 7) is 5.85. The number of anilines is 1. The molecule has 110 valence electrons. The highest BCUT2D eigenvalue weighted by Crippen LogP contribution is 2.16. The van der Waals surface area contributed by atoms with Gasteiger partial charge >= 0.3 is 0 Å². The highest BCUT2D eigenvalue weighted by molar-refractivity contribution is 5.81. The number of rotatable bonds is 6. The molecule has 0 saturated carbocycles. The molecule has 0 radical (unpaired) electrons. The van der Waals surface area contributed by atoms with Crippen molar-refractivity contribution in [2.24, 2.45) is 5.73 Å².